The molecule has 0 saturated carbocycles. The molecule has 9 heavy (non-hydrogen) atoms. The van der Waals surface area contributed by atoms with Crippen molar-refractivity contribution in [2.45, 2.75) is 39.0 Å². The highest BCUT2D eigenvalue weighted by Gasteiger charge is 2.21. The van der Waals surface area contributed by atoms with Gasteiger partial charge in [0, 0.05) is 6.04 Å². The van der Waals surface area contributed by atoms with E-state index in [4.69, 9.17) is 0 Å². The first-order valence-electron chi connectivity index (χ1n) is 3.60. The first-order valence-corrected chi connectivity index (χ1v) is 3.60. The van der Waals surface area contributed by atoms with Crippen LogP contribution in [0.25, 0.3) is 0 Å². The molecule has 3 unspecified atom stereocenters. The minimum atomic E-state index is -0.510. The van der Waals surface area contributed by atoms with Crippen LogP contribution < -0.4 is 5.32 Å². The smallest absolute Gasteiger partial charge is 0.144 e. The van der Waals surface area contributed by atoms with Crippen molar-refractivity contribution in [3.63, 3.8) is 0 Å². The number of hydrogen-bond donors (Lipinski definition) is 1. The Hall–Kier alpha value is -0.0800. The van der Waals surface area contributed by atoms with Crippen molar-refractivity contribution in [1.82, 2.24) is 5.32 Å². The van der Waals surface area contributed by atoms with Crippen LogP contribution >= 0.6 is 0 Å². The van der Waals surface area contributed by atoms with Crippen LogP contribution in [0.5, 0.6) is 0 Å². The van der Waals surface area contributed by atoms with Crippen molar-refractivity contribution in [2.75, 3.05) is 0 Å². The molecule has 2 nitrogen and oxygen atoms in total. The van der Waals surface area contributed by atoms with E-state index >= 15 is 0 Å². The van der Waals surface area contributed by atoms with E-state index in [9.17, 15) is 5.11 Å². The Morgan fingerprint density at radius 1 is 1.33 bits per heavy atom. The highest BCUT2D eigenvalue weighted by molar-refractivity contribution is 4.74. The van der Waals surface area contributed by atoms with Gasteiger partial charge in [0.1, 0.15) is 6.23 Å². The number of piperidine rings is 1. The monoisotopic (exact) mass is 128 g/mol. The van der Waals surface area contributed by atoms with Gasteiger partial charge < -0.3 is 0 Å². The average molecular weight is 128 g/mol. The van der Waals surface area contributed by atoms with Crippen molar-refractivity contribution in [3.8, 4) is 0 Å². The summed E-state index contributed by atoms with van der Waals surface area (Å²) in [5, 5.41) is 13.8. The Kier molecular flexibility index (Phi) is 2.09. The molecule has 1 heterocycles. The lowest BCUT2D eigenvalue weighted by Crippen LogP contribution is -2.42. The quantitative estimate of drug-likeness (QED) is 0.521. The molecule has 0 aromatic carbocycles. The summed E-state index contributed by atoms with van der Waals surface area (Å²) in [4.78, 5) is 0. The fourth-order valence-electron chi connectivity index (χ4n) is 1.52. The first kappa shape index (κ1) is 7.03. The van der Waals surface area contributed by atoms with E-state index in [2.05, 4.69) is 19.2 Å². The van der Waals surface area contributed by atoms with Crippen LogP contribution in [0.4, 0.5) is 0 Å². The lowest BCUT2D eigenvalue weighted by molar-refractivity contribution is 0.00701. The van der Waals surface area contributed by atoms with Crippen LogP contribution in [0.2, 0.25) is 0 Å². The lowest BCUT2D eigenvalue weighted by Gasteiger charge is -2.28. The molecule has 0 amide bonds. The topological polar surface area (TPSA) is 31.9 Å². The van der Waals surface area contributed by atoms with Crippen molar-refractivity contribution >= 4 is 0 Å². The van der Waals surface area contributed by atoms with Gasteiger partial charge in [-0.15, -0.1) is 0 Å². The normalized spacial score (nSPS) is 45.0. The molecule has 1 radical (unpaired) electrons. The third kappa shape index (κ3) is 1.95. The van der Waals surface area contributed by atoms with Crippen LogP contribution in [0.15, 0.2) is 0 Å². The molecule has 0 aliphatic carbocycles. The highest BCUT2D eigenvalue weighted by Crippen LogP contribution is 2.17. The number of hydrogen-bond acceptors (Lipinski definition) is 1. The van der Waals surface area contributed by atoms with E-state index in [1.807, 2.05) is 0 Å². The van der Waals surface area contributed by atoms with Crippen LogP contribution in [-0.2, 0) is 5.11 Å². The van der Waals surface area contributed by atoms with Crippen molar-refractivity contribution in [1.29, 1.82) is 0 Å². The second kappa shape index (κ2) is 2.67. The Morgan fingerprint density at radius 3 is 2.44 bits per heavy atom. The molecule has 1 saturated heterocycles. The summed E-state index contributed by atoms with van der Waals surface area (Å²) < 4.78 is 0. The van der Waals surface area contributed by atoms with Gasteiger partial charge in [0.25, 0.3) is 0 Å². The molecule has 0 spiro atoms. The van der Waals surface area contributed by atoms with Crippen LogP contribution in [0, 0.1) is 5.92 Å². The van der Waals surface area contributed by atoms with E-state index in [1.165, 1.54) is 0 Å². The fourth-order valence-corrected chi connectivity index (χ4v) is 1.52. The molecule has 0 aromatic rings. The summed E-state index contributed by atoms with van der Waals surface area (Å²) >= 11 is 0. The maximum atomic E-state index is 10.9. The van der Waals surface area contributed by atoms with Gasteiger partial charge in [0.05, 0.1) is 0 Å². The molecule has 2 heteroatoms. The summed E-state index contributed by atoms with van der Waals surface area (Å²) in [6, 6.07) is 0.427. The molecule has 1 N–H and O–H groups in total. The van der Waals surface area contributed by atoms with Gasteiger partial charge in [-0.2, -0.15) is 0 Å². The van der Waals surface area contributed by atoms with Crippen LogP contribution in [-0.4, -0.2) is 12.3 Å². The molecular formula is C7H14NO. The molecule has 53 valence electrons. The number of rotatable bonds is 0. The zero-order valence-electron chi connectivity index (χ0n) is 6.05. The standard InChI is InChI=1S/C7H14NO/c1-5-3-6(2)8-7(9)4-5/h5-8H,3-4H2,1-2H3. The van der Waals surface area contributed by atoms with E-state index < -0.39 is 6.23 Å². The molecule has 0 bridgehead atoms. The maximum absolute atomic E-state index is 10.9. The second-order valence-electron chi connectivity index (χ2n) is 3.13. The maximum Gasteiger partial charge on any atom is 0.144 e. The number of nitrogens with one attached hydrogen (secondary N) is 1. The van der Waals surface area contributed by atoms with Gasteiger partial charge in [-0.1, -0.05) is 6.92 Å². The zero-order valence-corrected chi connectivity index (χ0v) is 6.05. The summed E-state index contributed by atoms with van der Waals surface area (Å²) in [6.45, 7) is 4.21. The third-order valence-corrected chi connectivity index (χ3v) is 1.84. The molecule has 1 fully saturated rings. The summed E-state index contributed by atoms with van der Waals surface area (Å²) in [5.74, 6) is 0.615. The van der Waals surface area contributed by atoms with Crippen molar-refractivity contribution in [2.24, 2.45) is 5.92 Å². The Morgan fingerprint density at radius 2 is 2.00 bits per heavy atom. The predicted molar refractivity (Wildman–Crippen MR) is 35.5 cm³/mol. The van der Waals surface area contributed by atoms with Crippen LogP contribution in [0.3, 0.4) is 0 Å². The molecule has 1 rings (SSSR count). The fraction of sp³-hybridized carbons (Fsp3) is 1.00. The van der Waals surface area contributed by atoms with E-state index in [0.29, 0.717) is 12.0 Å². The minimum Gasteiger partial charge on any atom is -0.287 e. The van der Waals surface area contributed by atoms with E-state index in [1.54, 1.807) is 0 Å². The lowest BCUT2D eigenvalue weighted by atomic mass is 9.94. The minimum absolute atomic E-state index is 0.427. The molecule has 3 atom stereocenters. The van der Waals surface area contributed by atoms with Crippen molar-refractivity contribution < 1.29 is 5.11 Å². The third-order valence-electron chi connectivity index (χ3n) is 1.84. The van der Waals surface area contributed by atoms with Gasteiger partial charge in [0.15, 0.2) is 0 Å². The zero-order chi connectivity index (χ0) is 6.85. The summed E-state index contributed by atoms with van der Waals surface area (Å²) in [5.41, 5.74) is 0. The second-order valence-corrected chi connectivity index (χ2v) is 3.13. The molecule has 1 aliphatic rings. The van der Waals surface area contributed by atoms with Crippen molar-refractivity contribution in [3.05, 3.63) is 0 Å². The highest BCUT2D eigenvalue weighted by atomic mass is 16.3. The van der Waals surface area contributed by atoms with Gasteiger partial charge in [-0.05, 0) is 25.7 Å². The predicted octanol–water partition coefficient (Wildman–Crippen LogP) is 1.15. The Labute approximate surface area is 56.3 Å². The summed E-state index contributed by atoms with van der Waals surface area (Å²) in [7, 11) is 0. The average Bonchev–Trinajstić information content (AvgIpc) is 1.59. The molecule has 0 aromatic heterocycles. The SMILES string of the molecule is CC1CC(C)NC([O])C1. The summed E-state index contributed by atoms with van der Waals surface area (Å²) in [6.07, 6.45) is 1.44. The van der Waals surface area contributed by atoms with Gasteiger partial charge in [0.2, 0.25) is 0 Å². The van der Waals surface area contributed by atoms with Gasteiger partial charge >= 0.3 is 0 Å². The molecule has 1 aliphatic heterocycles. The Bertz CT molecular complexity index is 69.9. The van der Waals surface area contributed by atoms with Crippen LogP contribution in [0.1, 0.15) is 26.7 Å². The molecular weight excluding hydrogens is 114 g/mol. The van der Waals surface area contributed by atoms with E-state index in [0.717, 1.165) is 12.8 Å². The van der Waals surface area contributed by atoms with Gasteiger partial charge in [-0.25, -0.2) is 5.11 Å². The Balaban J connectivity index is 2.34. The largest absolute Gasteiger partial charge is 0.287 e. The first-order chi connectivity index (χ1) is 4.18. The van der Waals surface area contributed by atoms with Gasteiger partial charge in [-0.3, -0.25) is 5.32 Å². The van der Waals surface area contributed by atoms with E-state index in [-0.39, 0.29) is 0 Å².